The standard InChI is InChI=1S/C20H24N2O5S/c1-20(2,19(24)22-13-23)18-11-8-16(27-3)12-15(18)7-4-14-5-9-17(10-6-14)28(21,25)26/h5-6,8-13H,4,7H2,1-3H3,(H2,21,25,26)(H,22,23,24). The highest BCUT2D eigenvalue weighted by Gasteiger charge is 2.31. The number of imide groups is 1. The van der Waals surface area contributed by atoms with Crippen molar-refractivity contribution in [2.24, 2.45) is 5.14 Å². The third-order valence-corrected chi connectivity index (χ3v) is 5.61. The Bertz CT molecular complexity index is 967. The summed E-state index contributed by atoms with van der Waals surface area (Å²) in [6.07, 6.45) is 1.59. The van der Waals surface area contributed by atoms with E-state index in [0.29, 0.717) is 25.0 Å². The first-order valence-corrected chi connectivity index (χ1v) is 10.2. The van der Waals surface area contributed by atoms with Gasteiger partial charge in [-0.3, -0.25) is 14.9 Å². The summed E-state index contributed by atoms with van der Waals surface area (Å²) in [6.45, 7) is 3.50. The second-order valence-electron chi connectivity index (χ2n) is 6.93. The van der Waals surface area contributed by atoms with Gasteiger partial charge in [-0.1, -0.05) is 18.2 Å². The van der Waals surface area contributed by atoms with E-state index in [1.165, 1.54) is 12.1 Å². The molecule has 0 heterocycles. The number of carbonyl (C=O) groups excluding carboxylic acids is 2. The molecule has 0 saturated carbocycles. The molecule has 2 aromatic carbocycles. The topological polar surface area (TPSA) is 116 Å². The first-order valence-electron chi connectivity index (χ1n) is 8.63. The van der Waals surface area contributed by atoms with Gasteiger partial charge in [-0.2, -0.15) is 0 Å². The lowest BCUT2D eigenvalue weighted by molar-refractivity contribution is -0.129. The number of aryl methyl sites for hydroxylation is 2. The van der Waals surface area contributed by atoms with Crippen molar-refractivity contribution in [3.63, 3.8) is 0 Å². The largest absolute Gasteiger partial charge is 0.497 e. The first kappa shape index (κ1) is 21.6. The number of hydrogen-bond donors (Lipinski definition) is 2. The molecule has 0 fully saturated rings. The van der Waals surface area contributed by atoms with Gasteiger partial charge >= 0.3 is 0 Å². The Morgan fingerprint density at radius 1 is 1.14 bits per heavy atom. The number of methoxy groups -OCH3 is 1. The molecule has 0 aliphatic rings. The molecule has 28 heavy (non-hydrogen) atoms. The van der Waals surface area contributed by atoms with Crippen LogP contribution in [0.4, 0.5) is 0 Å². The summed E-state index contributed by atoms with van der Waals surface area (Å²) in [7, 11) is -2.16. The van der Waals surface area contributed by atoms with Gasteiger partial charge in [-0.05, 0) is 67.6 Å². The summed E-state index contributed by atoms with van der Waals surface area (Å²) in [6, 6.07) is 11.8. The van der Waals surface area contributed by atoms with Crippen molar-refractivity contribution in [3.05, 3.63) is 59.2 Å². The number of nitrogens with two attached hydrogens (primary N) is 1. The maximum Gasteiger partial charge on any atom is 0.238 e. The monoisotopic (exact) mass is 404 g/mol. The molecular formula is C20H24N2O5S. The summed E-state index contributed by atoms with van der Waals surface area (Å²) in [4.78, 5) is 23.1. The Hall–Kier alpha value is -2.71. The van der Waals surface area contributed by atoms with E-state index < -0.39 is 21.3 Å². The van der Waals surface area contributed by atoms with Gasteiger partial charge in [0.05, 0.1) is 17.4 Å². The van der Waals surface area contributed by atoms with Gasteiger partial charge in [0.1, 0.15) is 5.75 Å². The fourth-order valence-electron chi connectivity index (χ4n) is 2.99. The van der Waals surface area contributed by atoms with Crippen molar-refractivity contribution < 1.29 is 22.7 Å². The smallest absolute Gasteiger partial charge is 0.238 e. The molecule has 0 aromatic heterocycles. The van der Waals surface area contributed by atoms with Gasteiger partial charge < -0.3 is 4.74 Å². The summed E-state index contributed by atoms with van der Waals surface area (Å²) in [5.74, 6) is 0.265. The summed E-state index contributed by atoms with van der Waals surface area (Å²) >= 11 is 0. The van der Waals surface area contributed by atoms with Crippen LogP contribution in [0.15, 0.2) is 47.4 Å². The van der Waals surface area contributed by atoms with Crippen LogP contribution < -0.4 is 15.2 Å². The van der Waals surface area contributed by atoms with Gasteiger partial charge in [0.15, 0.2) is 0 Å². The van der Waals surface area contributed by atoms with E-state index in [1.54, 1.807) is 39.2 Å². The van der Waals surface area contributed by atoms with E-state index in [0.717, 1.165) is 16.7 Å². The van der Waals surface area contributed by atoms with Crippen LogP contribution in [-0.4, -0.2) is 27.8 Å². The predicted octanol–water partition coefficient (Wildman–Crippen LogP) is 1.68. The van der Waals surface area contributed by atoms with E-state index in [-0.39, 0.29) is 4.90 Å². The lowest BCUT2D eigenvalue weighted by Gasteiger charge is -2.26. The summed E-state index contributed by atoms with van der Waals surface area (Å²) in [5.41, 5.74) is 1.70. The quantitative estimate of drug-likeness (QED) is 0.650. The van der Waals surface area contributed by atoms with Gasteiger partial charge in [-0.25, -0.2) is 13.6 Å². The van der Waals surface area contributed by atoms with Gasteiger partial charge in [0.2, 0.25) is 22.3 Å². The van der Waals surface area contributed by atoms with Crippen molar-refractivity contribution in [1.82, 2.24) is 5.32 Å². The second kappa shape index (κ2) is 8.53. The fourth-order valence-corrected chi connectivity index (χ4v) is 3.51. The molecule has 2 amide bonds. The number of primary sulfonamides is 1. The molecule has 0 saturated heterocycles. The molecule has 150 valence electrons. The molecule has 7 nitrogen and oxygen atoms in total. The Balaban J connectivity index is 2.31. The fraction of sp³-hybridized carbons (Fsp3) is 0.300. The van der Waals surface area contributed by atoms with Crippen molar-refractivity contribution in [2.75, 3.05) is 7.11 Å². The zero-order valence-electron chi connectivity index (χ0n) is 16.1. The van der Waals surface area contributed by atoms with Crippen LogP contribution in [0.3, 0.4) is 0 Å². The van der Waals surface area contributed by atoms with Crippen LogP contribution in [0, 0.1) is 0 Å². The van der Waals surface area contributed by atoms with E-state index in [9.17, 15) is 18.0 Å². The summed E-state index contributed by atoms with van der Waals surface area (Å²) in [5, 5.41) is 7.33. The minimum absolute atomic E-state index is 0.0602. The third kappa shape index (κ3) is 4.96. The molecule has 0 atom stereocenters. The molecule has 0 spiro atoms. The SMILES string of the molecule is COc1ccc(C(C)(C)C(=O)NC=O)c(CCc2ccc(S(N)(=O)=O)cc2)c1. The molecule has 2 rings (SSSR count). The molecule has 3 N–H and O–H groups in total. The van der Waals surface area contributed by atoms with Crippen molar-refractivity contribution in [1.29, 1.82) is 0 Å². The molecule has 0 aliphatic heterocycles. The number of amides is 2. The lowest BCUT2D eigenvalue weighted by Crippen LogP contribution is -2.40. The zero-order valence-corrected chi connectivity index (χ0v) is 16.9. The highest BCUT2D eigenvalue weighted by molar-refractivity contribution is 7.89. The van der Waals surface area contributed by atoms with E-state index in [2.05, 4.69) is 5.32 Å². The number of hydrogen-bond acceptors (Lipinski definition) is 5. The Morgan fingerprint density at radius 3 is 2.32 bits per heavy atom. The maximum atomic E-state index is 12.3. The third-order valence-electron chi connectivity index (χ3n) is 4.68. The van der Waals surface area contributed by atoms with Crippen LogP contribution in [0.5, 0.6) is 5.75 Å². The van der Waals surface area contributed by atoms with E-state index in [1.807, 2.05) is 12.1 Å². The Labute approximate surface area is 164 Å². The van der Waals surface area contributed by atoms with Crippen molar-refractivity contribution in [2.45, 2.75) is 37.0 Å². The van der Waals surface area contributed by atoms with Crippen LogP contribution in [-0.2, 0) is 37.9 Å². The normalized spacial score (nSPS) is 11.7. The van der Waals surface area contributed by atoms with Crippen LogP contribution in [0.2, 0.25) is 0 Å². The molecule has 0 radical (unpaired) electrons. The lowest BCUT2D eigenvalue weighted by atomic mass is 9.79. The van der Waals surface area contributed by atoms with Gasteiger partial charge in [-0.15, -0.1) is 0 Å². The highest BCUT2D eigenvalue weighted by Crippen LogP contribution is 2.30. The van der Waals surface area contributed by atoms with E-state index >= 15 is 0 Å². The van der Waals surface area contributed by atoms with Gasteiger partial charge in [0.25, 0.3) is 0 Å². The number of nitrogens with one attached hydrogen (secondary N) is 1. The molecule has 8 heteroatoms. The average molecular weight is 404 g/mol. The van der Waals surface area contributed by atoms with Crippen molar-refractivity contribution >= 4 is 22.3 Å². The molecule has 2 aromatic rings. The molecular weight excluding hydrogens is 380 g/mol. The average Bonchev–Trinajstić information content (AvgIpc) is 2.65. The number of benzene rings is 2. The van der Waals surface area contributed by atoms with Gasteiger partial charge in [0, 0.05) is 0 Å². The number of ether oxygens (including phenoxy) is 1. The first-order chi connectivity index (χ1) is 13.1. The van der Waals surface area contributed by atoms with Crippen LogP contribution in [0.1, 0.15) is 30.5 Å². The molecule has 0 unspecified atom stereocenters. The Kier molecular flexibility index (Phi) is 6.58. The van der Waals surface area contributed by atoms with Crippen LogP contribution in [0.25, 0.3) is 0 Å². The zero-order chi connectivity index (χ0) is 20.9. The number of rotatable bonds is 8. The second-order valence-corrected chi connectivity index (χ2v) is 8.49. The minimum atomic E-state index is -3.73. The maximum absolute atomic E-state index is 12.3. The number of carbonyl (C=O) groups is 2. The number of sulfonamides is 1. The summed E-state index contributed by atoms with van der Waals surface area (Å²) < 4.78 is 28.0. The Morgan fingerprint density at radius 2 is 1.79 bits per heavy atom. The highest BCUT2D eigenvalue weighted by atomic mass is 32.2. The minimum Gasteiger partial charge on any atom is -0.497 e. The molecule has 0 bridgehead atoms. The predicted molar refractivity (Wildman–Crippen MR) is 105 cm³/mol. The van der Waals surface area contributed by atoms with Crippen molar-refractivity contribution in [3.8, 4) is 5.75 Å². The van der Waals surface area contributed by atoms with Crippen LogP contribution >= 0.6 is 0 Å². The van der Waals surface area contributed by atoms with E-state index in [4.69, 9.17) is 9.88 Å². The molecule has 0 aliphatic carbocycles.